The molecule has 0 spiro atoms. The molecule has 0 saturated carbocycles. The number of carbonyl (C=O) groups excluding carboxylic acids is 2. The molecule has 5 N–H and O–H groups in total. The molecule has 49 heavy (non-hydrogen) atoms. The van der Waals surface area contributed by atoms with E-state index in [0.29, 0.717) is 18.8 Å². The Hall–Kier alpha value is -4.11. The van der Waals surface area contributed by atoms with Crippen molar-refractivity contribution in [3.8, 4) is 0 Å². The molecule has 0 aliphatic carbocycles. The lowest BCUT2D eigenvalue weighted by Gasteiger charge is -2.48. The van der Waals surface area contributed by atoms with Crippen molar-refractivity contribution in [2.24, 2.45) is 17.8 Å². The summed E-state index contributed by atoms with van der Waals surface area (Å²) in [5.41, 5.74) is -6.27. The van der Waals surface area contributed by atoms with E-state index >= 15 is 0 Å². The van der Waals surface area contributed by atoms with Crippen LogP contribution in [0.5, 0.6) is 0 Å². The molecule has 3 rings (SSSR count). The quantitative estimate of drug-likeness (QED) is 0.0901. The lowest BCUT2D eigenvalue weighted by molar-refractivity contribution is -0.374. The van der Waals surface area contributed by atoms with E-state index in [4.69, 9.17) is 18.9 Å². The molecule has 1 unspecified atom stereocenters. The molecule has 0 aromatic heterocycles. The Morgan fingerprint density at radius 2 is 1.67 bits per heavy atom. The highest BCUT2D eigenvalue weighted by Gasteiger charge is 2.85. The summed E-state index contributed by atoms with van der Waals surface area (Å²) in [4.78, 5) is 63.0. The normalized spacial score (nSPS) is 30.1. The van der Waals surface area contributed by atoms with Crippen LogP contribution in [0.25, 0.3) is 0 Å². The molecule has 2 fully saturated rings. The number of carbonyl (C=O) groups is 5. The number of hydrogen-bond acceptors (Lipinski definition) is 11. The maximum atomic E-state index is 13.0. The van der Waals surface area contributed by atoms with Gasteiger partial charge in [0.1, 0.15) is 12.2 Å². The smallest absolute Gasteiger partial charge is 0.344 e. The van der Waals surface area contributed by atoms with Gasteiger partial charge in [0.05, 0.1) is 0 Å². The number of carboxylic acids is 3. The highest BCUT2D eigenvalue weighted by molar-refractivity contribution is 5.98. The van der Waals surface area contributed by atoms with E-state index in [1.165, 1.54) is 13.0 Å². The number of benzene rings is 1. The van der Waals surface area contributed by atoms with E-state index in [-0.39, 0.29) is 23.8 Å². The zero-order valence-electron chi connectivity index (χ0n) is 28.2. The van der Waals surface area contributed by atoms with Crippen LogP contribution in [-0.2, 0) is 49.3 Å². The molecule has 0 amide bonds. The molecule has 2 aliphatic heterocycles. The second kappa shape index (κ2) is 15.6. The summed E-state index contributed by atoms with van der Waals surface area (Å²) < 4.78 is 22.0. The molecule has 270 valence electrons. The number of hydrogen-bond donors (Lipinski definition) is 5. The number of esters is 2. The third-order valence-electron chi connectivity index (χ3n) is 9.29. The molecule has 1 aromatic rings. The van der Waals surface area contributed by atoms with Crippen LogP contribution in [-0.4, -0.2) is 96.8 Å². The average Bonchev–Trinajstić information content (AvgIpc) is 3.25. The number of aliphatic carboxylic acids is 3. The maximum Gasteiger partial charge on any atom is 0.344 e. The Kier molecular flexibility index (Phi) is 12.5. The van der Waals surface area contributed by atoms with Gasteiger partial charge in [-0.3, -0.25) is 4.79 Å². The van der Waals surface area contributed by atoms with Gasteiger partial charge in [0, 0.05) is 25.3 Å². The predicted molar refractivity (Wildman–Crippen MR) is 171 cm³/mol. The molecule has 2 bridgehead atoms. The summed E-state index contributed by atoms with van der Waals surface area (Å²) in [6.45, 7) is 12.9. The van der Waals surface area contributed by atoms with Crippen molar-refractivity contribution in [1.82, 2.24) is 0 Å². The number of fused-ring (bicyclic) bond motifs is 2. The van der Waals surface area contributed by atoms with E-state index in [2.05, 4.69) is 6.58 Å². The van der Waals surface area contributed by atoms with Crippen molar-refractivity contribution in [3.05, 3.63) is 60.2 Å². The Labute approximate surface area is 284 Å². The summed E-state index contributed by atoms with van der Waals surface area (Å²) >= 11 is 0. The summed E-state index contributed by atoms with van der Waals surface area (Å²) in [6, 6.07) is 9.29. The van der Waals surface area contributed by atoms with E-state index < -0.39 is 77.7 Å². The van der Waals surface area contributed by atoms with Crippen LogP contribution in [0.3, 0.4) is 0 Å². The first-order valence-electron chi connectivity index (χ1n) is 16.1. The molecule has 1 aromatic carbocycles. The first kappa shape index (κ1) is 39.3. The third kappa shape index (κ3) is 7.88. The van der Waals surface area contributed by atoms with Crippen LogP contribution in [0.15, 0.2) is 54.6 Å². The predicted octanol–water partition coefficient (Wildman–Crippen LogP) is 2.88. The van der Waals surface area contributed by atoms with Crippen LogP contribution in [0.2, 0.25) is 0 Å². The molecule has 2 saturated heterocycles. The van der Waals surface area contributed by atoms with Crippen LogP contribution < -0.4 is 0 Å². The van der Waals surface area contributed by atoms with Gasteiger partial charge in [-0.1, -0.05) is 77.1 Å². The van der Waals surface area contributed by atoms with Crippen LogP contribution >= 0.6 is 0 Å². The Morgan fingerprint density at radius 1 is 1.04 bits per heavy atom. The van der Waals surface area contributed by atoms with Gasteiger partial charge in [-0.2, -0.15) is 0 Å². The first-order valence-corrected chi connectivity index (χ1v) is 16.1. The third-order valence-corrected chi connectivity index (χ3v) is 9.29. The van der Waals surface area contributed by atoms with Crippen LogP contribution in [0.4, 0.5) is 0 Å². The number of carboxylic acid groups (broad SMARTS) is 3. The number of rotatable bonds is 17. The Morgan fingerprint density at radius 3 is 2.20 bits per heavy atom. The monoisotopic (exact) mass is 690 g/mol. The molecular formula is C35H46O14. The summed E-state index contributed by atoms with van der Waals surface area (Å²) in [5.74, 6) is -11.3. The van der Waals surface area contributed by atoms with E-state index in [1.807, 2.05) is 51.1 Å². The van der Waals surface area contributed by atoms with Gasteiger partial charge in [-0.25, -0.2) is 19.2 Å². The zero-order chi connectivity index (χ0) is 36.9. The minimum atomic E-state index is -3.90. The average molecular weight is 691 g/mol. The van der Waals surface area contributed by atoms with Crippen LogP contribution in [0.1, 0.15) is 65.9 Å². The van der Waals surface area contributed by atoms with E-state index in [0.717, 1.165) is 18.1 Å². The van der Waals surface area contributed by atoms with Crippen molar-refractivity contribution in [2.45, 2.75) is 108 Å². The van der Waals surface area contributed by atoms with Crippen molar-refractivity contribution in [3.63, 3.8) is 0 Å². The molecule has 14 heteroatoms. The topological polar surface area (TPSA) is 223 Å². The van der Waals surface area contributed by atoms with Gasteiger partial charge in [0.15, 0.2) is 6.10 Å². The van der Waals surface area contributed by atoms with Crippen molar-refractivity contribution >= 4 is 29.8 Å². The zero-order valence-corrected chi connectivity index (χ0v) is 28.2. The Balaban J connectivity index is 2.02. The number of ether oxygens (including phenoxy) is 4. The van der Waals surface area contributed by atoms with Gasteiger partial charge < -0.3 is 44.5 Å². The summed E-state index contributed by atoms with van der Waals surface area (Å²) in [5, 5.41) is 53.5. The maximum absolute atomic E-state index is 13.0. The Bertz CT molecular complexity index is 1440. The number of aliphatic hydroxyl groups is 2. The fourth-order valence-electron chi connectivity index (χ4n) is 6.58. The number of allylic oxidation sites excluding steroid dienone is 1. The van der Waals surface area contributed by atoms with Gasteiger partial charge in [-0.15, -0.1) is 0 Å². The van der Waals surface area contributed by atoms with Crippen molar-refractivity contribution in [1.29, 1.82) is 0 Å². The first-order chi connectivity index (χ1) is 22.9. The van der Waals surface area contributed by atoms with Gasteiger partial charge >= 0.3 is 29.8 Å². The fraction of sp³-hybridized carbons (Fsp3) is 0.571. The van der Waals surface area contributed by atoms with Gasteiger partial charge in [0.25, 0.3) is 0 Å². The van der Waals surface area contributed by atoms with E-state index in [1.54, 1.807) is 6.92 Å². The van der Waals surface area contributed by atoms with Crippen molar-refractivity contribution < 1.29 is 68.5 Å². The minimum Gasteiger partial charge on any atom is -0.479 e. The van der Waals surface area contributed by atoms with Crippen molar-refractivity contribution in [2.75, 3.05) is 0 Å². The highest BCUT2D eigenvalue weighted by atomic mass is 16.8. The molecule has 2 aliphatic rings. The number of aliphatic hydroxyl groups excluding tert-OH is 1. The summed E-state index contributed by atoms with van der Waals surface area (Å²) in [7, 11) is 0. The minimum absolute atomic E-state index is 0.123. The second-order valence-electron chi connectivity index (χ2n) is 13.1. The van der Waals surface area contributed by atoms with Gasteiger partial charge in [0.2, 0.25) is 23.1 Å². The fourth-order valence-corrected chi connectivity index (χ4v) is 6.58. The molecule has 14 nitrogen and oxygen atoms in total. The lowest BCUT2D eigenvalue weighted by Crippen LogP contribution is -2.78. The van der Waals surface area contributed by atoms with Gasteiger partial charge in [-0.05, 0) is 42.2 Å². The molecule has 2 heterocycles. The largest absolute Gasteiger partial charge is 0.479 e. The standard InChI is InChI=1S/C35H46O14/c1-7-19(2)17-20(3)13-14-25(37)47-28-27(38)33(48-29(30(39)40)34(45,31(41)42)35(28,49-33)32(43)44)16-15-21(4)26(46-23(6)36)22(5)18-24-11-9-8-10-12-24/h8-14,19-20,22,26-29,38,45H,4,7,15-18H2,1-3,5-6H3,(H,39,40)(H,41,42)(H,43,44)/b14-13+/t19-,20+,22+,26+,27+,28+,29?,33-,34+,35-/m0/s1. The lowest BCUT2D eigenvalue weighted by atomic mass is 9.74. The summed E-state index contributed by atoms with van der Waals surface area (Å²) in [6.07, 6.45) is -4.83. The molecular weight excluding hydrogens is 644 g/mol. The second-order valence-corrected chi connectivity index (χ2v) is 13.1. The van der Waals surface area contributed by atoms with E-state index in [9.17, 15) is 49.5 Å². The highest BCUT2D eigenvalue weighted by Crippen LogP contribution is 2.56. The van der Waals surface area contributed by atoms with Crippen LogP contribution in [0, 0.1) is 17.8 Å². The molecule has 0 radical (unpaired) electrons. The SMILES string of the molecule is C=C(CC[C@]12OC(C(=O)O)[C@@](O)(C(=O)O)[C@](C(=O)O)(O1)[C@H](OC(=O)/C=C/[C@@H](C)C[C@@H](C)CC)[C@H]2O)[C@@H](OC(C)=O)[C@H](C)Cc1ccccc1. The molecule has 10 atom stereocenters.